The van der Waals surface area contributed by atoms with E-state index < -0.39 is 0 Å². The summed E-state index contributed by atoms with van der Waals surface area (Å²) in [4.78, 5) is 16.6. The van der Waals surface area contributed by atoms with Crippen molar-refractivity contribution >= 4 is 17.2 Å². The van der Waals surface area contributed by atoms with Gasteiger partial charge in [-0.1, -0.05) is 42.5 Å². The van der Waals surface area contributed by atoms with E-state index in [1.165, 1.54) is 11.3 Å². The number of thiazole rings is 1. The zero-order valence-electron chi connectivity index (χ0n) is 14.3. The van der Waals surface area contributed by atoms with Crippen molar-refractivity contribution in [1.29, 1.82) is 0 Å². The first-order valence-electron chi connectivity index (χ1n) is 8.08. The van der Waals surface area contributed by atoms with Crippen molar-refractivity contribution in [3.63, 3.8) is 0 Å². The van der Waals surface area contributed by atoms with Crippen molar-refractivity contribution in [2.24, 2.45) is 0 Å². The summed E-state index contributed by atoms with van der Waals surface area (Å²) in [5.74, 6) is 0.591. The van der Waals surface area contributed by atoms with Crippen LogP contribution in [0.5, 0.6) is 5.75 Å². The van der Waals surface area contributed by atoms with Gasteiger partial charge in [-0.3, -0.25) is 4.79 Å². The van der Waals surface area contributed by atoms with Crippen LogP contribution >= 0.6 is 11.3 Å². The Morgan fingerprint density at radius 3 is 2.76 bits per heavy atom. The maximum Gasteiger partial charge on any atom is 0.258 e. The first-order chi connectivity index (χ1) is 12.1. The third kappa shape index (κ3) is 4.67. The molecular formula is C20H20N2O2S. The van der Waals surface area contributed by atoms with Crippen LogP contribution in [-0.2, 0) is 11.3 Å². The number of carbonyl (C=O) groups is 1. The van der Waals surface area contributed by atoms with Gasteiger partial charge in [-0.25, -0.2) is 4.98 Å². The second-order valence-electron chi connectivity index (χ2n) is 5.83. The molecule has 128 valence electrons. The lowest BCUT2D eigenvalue weighted by molar-refractivity contribution is -0.123. The average molecular weight is 352 g/mol. The summed E-state index contributed by atoms with van der Waals surface area (Å²) in [5, 5.41) is 5.73. The Hall–Kier alpha value is -2.66. The number of amides is 1. The number of rotatable bonds is 6. The molecule has 3 rings (SSSR count). The molecule has 0 radical (unpaired) electrons. The van der Waals surface area contributed by atoms with E-state index in [4.69, 9.17) is 4.74 Å². The molecule has 3 aromatic rings. The smallest absolute Gasteiger partial charge is 0.258 e. The summed E-state index contributed by atoms with van der Waals surface area (Å²) < 4.78 is 5.61. The van der Waals surface area contributed by atoms with E-state index in [1.807, 2.05) is 67.8 Å². The van der Waals surface area contributed by atoms with Gasteiger partial charge < -0.3 is 10.1 Å². The van der Waals surface area contributed by atoms with Gasteiger partial charge in [0.05, 0.1) is 12.2 Å². The van der Waals surface area contributed by atoms with Crippen LogP contribution in [0.4, 0.5) is 0 Å². The quantitative estimate of drug-likeness (QED) is 0.726. The summed E-state index contributed by atoms with van der Waals surface area (Å²) in [6.45, 7) is 4.38. The summed E-state index contributed by atoms with van der Waals surface area (Å²) in [6, 6.07) is 16.0. The number of aryl methyl sites for hydroxylation is 2. The van der Waals surface area contributed by atoms with Gasteiger partial charge in [0, 0.05) is 10.9 Å². The SMILES string of the molecule is Cc1ccc(C)c(OCC(=O)NCc2nc(-c3ccccc3)cs2)c1. The fraction of sp³-hybridized carbons (Fsp3) is 0.200. The highest BCUT2D eigenvalue weighted by Crippen LogP contribution is 2.21. The van der Waals surface area contributed by atoms with Crippen LogP contribution in [-0.4, -0.2) is 17.5 Å². The second-order valence-corrected chi connectivity index (χ2v) is 6.77. The minimum atomic E-state index is -0.155. The first-order valence-corrected chi connectivity index (χ1v) is 8.96. The van der Waals surface area contributed by atoms with E-state index in [0.717, 1.165) is 33.1 Å². The fourth-order valence-electron chi connectivity index (χ4n) is 2.36. The van der Waals surface area contributed by atoms with Crippen molar-refractivity contribution in [2.45, 2.75) is 20.4 Å². The molecule has 0 unspecified atom stereocenters. The average Bonchev–Trinajstić information content (AvgIpc) is 3.10. The van der Waals surface area contributed by atoms with Gasteiger partial charge in [0.15, 0.2) is 6.61 Å². The van der Waals surface area contributed by atoms with Crippen LogP contribution in [0.3, 0.4) is 0 Å². The van der Waals surface area contributed by atoms with E-state index in [1.54, 1.807) is 0 Å². The van der Waals surface area contributed by atoms with E-state index in [2.05, 4.69) is 10.3 Å². The Balaban J connectivity index is 1.51. The van der Waals surface area contributed by atoms with Crippen LogP contribution < -0.4 is 10.1 Å². The van der Waals surface area contributed by atoms with E-state index in [9.17, 15) is 4.79 Å². The minimum Gasteiger partial charge on any atom is -0.483 e. The maximum absolute atomic E-state index is 12.0. The van der Waals surface area contributed by atoms with E-state index >= 15 is 0 Å². The number of hydrogen-bond donors (Lipinski definition) is 1. The number of nitrogens with zero attached hydrogens (tertiary/aromatic N) is 1. The first kappa shape index (κ1) is 17.2. The number of hydrogen-bond acceptors (Lipinski definition) is 4. The molecule has 0 aliphatic heterocycles. The second kappa shape index (κ2) is 7.94. The summed E-state index contributed by atoms with van der Waals surface area (Å²) in [6.07, 6.45) is 0. The topological polar surface area (TPSA) is 51.2 Å². The van der Waals surface area contributed by atoms with Crippen LogP contribution in [0.2, 0.25) is 0 Å². The van der Waals surface area contributed by atoms with Crippen molar-refractivity contribution in [3.05, 3.63) is 70.0 Å². The van der Waals surface area contributed by atoms with E-state index in [0.29, 0.717) is 6.54 Å². The molecule has 1 N–H and O–H groups in total. The van der Waals surface area contributed by atoms with Gasteiger partial charge in [-0.2, -0.15) is 0 Å². The standard InChI is InChI=1S/C20H20N2O2S/c1-14-8-9-15(2)18(10-14)24-12-19(23)21-11-20-22-17(13-25-20)16-6-4-3-5-7-16/h3-10,13H,11-12H2,1-2H3,(H,21,23). The Morgan fingerprint density at radius 1 is 1.16 bits per heavy atom. The van der Waals surface area contributed by atoms with Crippen LogP contribution in [0.25, 0.3) is 11.3 Å². The highest BCUT2D eigenvalue weighted by Gasteiger charge is 2.08. The molecule has 5 heteroatoms. The summed E-state index contributed by atoms with van der Waals surface area (Å²) in [7, 11) is 0. The highest BCUT2D eigenvalue weighted by molar-refractivity contribution is 7.09. The predicted octanol–water partition coefficient (Wildman–Crippen LogP) is 4.12. The van der Waals surface area contributed by atoms with Gasteiger partial charge in [-0.05, 0) is 31.0 Å². The molecule has 0 fully saturated rings. The zero-order chi connectivity index (χ0) is 17.6. The predicted molar refractivity (Wildman–Crippen MR) is 101 cm³/mol. The van der Waals surface area contributed by atoms with E-state index in [-0.39, 0.29) is 12.5 Å². The number of benzene rings is 2. The van der Waals surface area contributed by atoms with Crippen LogP contribution in [0.1, 0.15) is 16.1 Å². The Bertz CT molecular complexity index is 859. The third-order valence-corrected chi connectivity index (χ3v) is 4.61. The highest BCUT2D eigenvalue weighted by atomic mass is 32.1. The molecule has 0 aliphatic carbocycles. The van der Waals surface area contributed by atoms with Gasteiger partial charge >= 0.3 is 0 Å². The molecule has 2 aromatic carbocycles. The lowest BCUT2D eigenvalue weighted by Gasteiger charge is -2.09. The molecule has 0 saturated heterocycles. The normalized spacial score (nSPS) is 10.5. The number of aromatic nitrogens is 1. The van der Waals surface area contributed by atoms with Crippen LogP contribution in [0, 0.1) is 13.8 Å². The van der Waals surface area contributed by atoms with Crippen molar-refractivity contribution in [2.75, 3.05) is 6.61 Å². The van der Waals surface area contributed by atoms with Gasteiger partial charge in [0.1, 0.15) is 10.8 Å². The molecule has 1 amide bonds. The molecule has 0 saturated carbocycles. The molecule has 0 atom stereocenters. The minimum absolute atomic E-state index is 0.00120. The monoisotopic (exact) mass is 352 g/mol. The Kier molecular flexibility index (Phi) is 5.46. The van der Waals surface area contributed by atoms with Crippen molar-refractivity contribution in [1.82, 2.24) is 10.3 Å². The van der Waals surface area contributed by atoms with Gasteiger partial charge in [0.2, 0.25) is 0 Å². The molecule has 0 spiro atoms. The Morgan fingerprint density at radius 2 is 1.96 bits per heavy atom. The van der Waals surface area contributed by atoms with Crippen LogP contribution in [0.15, 0.2) is 53.9 Å². The lowest BCUT2D eigenvalue weighted by atomic mass is 10.1. The molecule has 4 nitrogen and oxygen atoms in total. The summed E-state index contributed by atoms with van der Waals surface area (Å²) >= 11 is 1.54. The molecule has 1 aromatic heterocycles. The number of nitrogens with one attached hydrogen (secondary N) is 1. The zero-order valence-corrected chi connectivity index (χ0v) is 15.1. The van der Waals surface area contributed by atoms with Gasteiger partial charge in [0.25, 0.3) is 5.91 Å². The molecule has 1 heterocycles. The Labute approximate surface area is 151 Å². The number of ether oxygens (including phenoxy) is 1. The van der Waals surface area contributed by atoms with Crippen molar-refractivity contribution < 1.29 is 9.53 Å². The molecule has 25 heavy (non-hydrogen) atoms. The molecule has 0 aliphatic rings. The van der Waals surface area contributed by atoms with Gasteiger partial charge in [-0.15, -0.1) is 11.3 Å². The largest absolute Gasteiger partial charge is 0.483 e. The fourth-order valence-corrected chi connectivity index (χ4v) is 3.11. The maximum atomic E-state index is 12.0. The van der Waals surface area contributed by atoms with Crippen molar-refractivity contribution in [3.8, 4) is 17.0 Å². The lowest BCUT2D eigenvalue weighted by Crippen LogP contribution is -2.28. The number of carbonyl (C=O) groups excluding carboxylic acids is 1. The molecule has 0 bridgehead atoms. The summed E-state index contributed by atoms with van der Waals surface area (Å²) in [5.41, 5.74) is 4.14. The third-order valence-electron chi connectivity index (χ3n) is 3.76. The molecular weight excluding hydrogens is 332 g/mol.